The molecule has 0 aliphatic carbocycles. The molecule has 0 aliphatic heterocycles. The molecule has 0 aliphatic rings. The molecular weight excluding hydrogens is 258 g/mol. The Labute approximate surface area is 120 Å². The zero-order valence-corrected chi connectivity index (χ0v) is 12.7. The summed E-state index contributed by atoms with van der Waals surface area (Å²) in [7, 11) is 1.63. The summed E-state index contributed by atoms with van der Waals surface area (Å²) in [6.07, 6.45) is 1.06. The number of nitrogens with zero attached hydrogens (tertiary/aromatic N) is 1. The van der Waals surface area contributed by atoms with Crippen molar-refractivity contribution >= 4 is 28.7 Å². The average molecular weight is 279 g/mol. The minimum atomic E-state index is 0.446. The van der Waals surface area contributed by atoms with Crippen LogP contribution in [0.25, 0.3) is 0 Å². The quantitative estimate of drug-likeness (QED) is 0.492. The standard InChI is InChI=1S/C14H21N3OS/c1-5-10(2)11(3)16-17-14(19)15-12-8-6-7-9-13(12)18-4/h6-10H,5H2,1-4H3,(H2,15,17,19)/b16-11-/t10-/m1/s1. The van der Waals surface area contributed by atoms with E-state index in [2.05, 4.69) is 29.7 Å². The smallest absolute Gasteiger partial charge is 0.191 e. The molecule has 104 valence electrons. The van der Waals surface area contributed by atoms with Crippen molar-refractivity contribution in [3.05, 3.63) is 24.3 Å². The lowest BCUT2D eigenvalue weighted by atomic mass is 10.1. The molecule has 0 saturated heterocycles. The van der Waals surface area contributed by atoms with Crippen LogP contribution in [0.4, 0.5) is 5.69 Å². The van der Waals surface area contributed by atoms with Gasteiger partial charge in [-0.25, -0.2) is 0 Å². The number of methoxy groups -OCH3 is 1. The molecule has 0 saturated carbocycles. The summed E-state index contributed by atoms with van der Waals surface area (Å²) in [5, 5.41) is 7.78. The first kappa shape index (κ1) is 15.4. The van der Waals surface area contributed by atoms with E-state index in [0.29, 0.717) is 11.0 Å². The third kappa shape index (κ3) is 4.87. The van der Waals surface area contributed by atoms with E-state index in [-0.39, 0.29) is 0 Å². The van der Waals surface area contributed by atoms with Gasteiger partial charge in [-0.1, -0.05) is 26.0 Å². The molecule has 19 heavy (non-hydrogen) atoms. The van der Waals surface area contributed by atoms with E-state index in [1.165, 1.54) is 0 Å². The summed E-state index contributed by atoms with van der Waals surface area (Å²) in [6, 6.07) is 7.60. The van der Waals surface area contributed by atoms with Crippen LogP contribution in [0, 0.1) is 5.92 Å². The van der Waals surface area contributed by atoms with Gasteiger partial charge in [-0.15, -0.1) is 0 Å². The van der Waals surface area contributed by atoms with E-state index in [0.717, 1.165) is 23.6 Å². The Morgan fingerprint density at radius 3 is 2.74 bits per heavy atom. The molecule has 1 rings (SSSR count). The number of benzene rings is 1. The Hall–Kier alpha value is -1.62. The van der Waals surface area contributed by atoms with Crippen molar-refractivity contribution < 1.29 is 4.74 Å². The summed E-state index contributed by atoms with van der Waals surface area (Å²) >= 11 is 5.20. The van der Waals surface area contributed by atoms with Crippen molar-refractivity contribution in [2.75, 3.05) is 12.4 Å². The van der Waals surface area contributed by atoms with Crippen LogP contribution >= 0.6 is 12.2 Å². The second-order valence-electron chi connectivity index (χ2n) is 4.33. The van der Waals surface area contributed by atoms with E-state index < -0.39 is 0 Å². The summed E-state index contributed by atoms with van der Waals surface area (Å²) in [4.78, 5) is 0. The van der Waals surface area contributed by atoms with Crippen molar-refractivity contribution in [2.24, 2.45) is 11.0 Å². The minimum absolute atomic E-state index is 0.446. The topological polar surface area (TPSA) is 45.7 Å². The van der Waals surface area contributed by atoms with Crippen LogP contribution in [0.2, 0.25) is 0 Å². The van der Waals surface area contributed by atoms with Crippen LogP contribution in [0.3, 0.4) is 0 Å². The average Bonchev–Trinajstić information content (AvgIpc) is 2.44. The number of ether oxygens (including phenoxy) is 1. The maximum absolute atomic E-state index is 5.24. The van der Waals surface area contributed by atoms with Gasteiger partial charge in [0.15, 0.2) is 5.11 Å². The van der Waals surface area contributed by atoms with E-state index in [1.54, 1.807) is 7.11 Å². The highest BCUT2D eigenvalue weighted by molar-refractivity contribution is 7.80. The Kier molecular flexibility index (Phi) is 6.29. The van der Waals surface area contributed by atoms with Crippen molar-refractivity contribution in [1.29, 1.82) is 0 Å². The number of hydrogen-bond donors (Lipinski definition) is 2. The summed E-state index contributed by atoms with van der Waals surface area (Å²) in [6.45, 7) is 6.26. The van der Waals surface area contributed by atoms with Gasteiger partial charge in [0.1, 0.15) is 5.75 Å². The molecule has 0 radical (unpaired) electrons. The second kappa shape index (κ2) is 7.74. The van der Waals surface area contributed by atoms with Gasteiger partial charge in [-0.2, -0.15) is 5.10 Å². The van der Waals surface area contributed by atoms with Gasteiger partial charge < -0.3 is 10.1 Å². The van der Waals surface area contributed by atoms with Crippen LogP contribution in [0.1, 0.15) is 27.2 Å². The van der Waals surface area contributed by atoms with Crippen molar-refractivity contribution in [3.63, 3.8) is 0 Å². The number of hydrazone groups is 1. The summed E-state index contributed by atoms with van der Waals surface area (Å²) < 4.78 is 5.24. The normalized spacial score (nSPS) is 12.7. The maximum atomic E-state index is 5.24. The van der Waals surface area contributed by atoms with Gasteiger partial charge in [0.25, 0.3) is 0 Å². The van der Waals surface area contributed by atoms with Crippen LogP contribution in [-0.4, -0.2) is 17.9 Å². The van der Waals surface area contributed by atoms with Gasteiger partial charge in [-0.05, 0) is 43.6 Å². The minimum Gasteiger partial charge on any atom is -0.495 e. The predicted octanol–water partition coefficient (Wildman–Crippen LogP) is 3.40. The first-order chi connectivity index (χ1) is 9.08. The third-order valence-corrected chi connectivity index (χ3v) is 3.21. The van der Waals surface area contributed by atoms with Crippen molar-refractivity contribution in [1.82, 2.24) is 5.43 Å². The molecule has 0 heterocycles. The molecule has 5 heteroatoms. The number of rotatable bonds is 5. The van der Waals surface area contributed by atoms with Gasteiger partial charge in [-0.3, -0.25) is 5.43 Å². The zero-order chi connectivity index (χ0) is 14.3. The molecule has 0 amide bonds. The number of hydrogen-bond acceptors (Lipinski definition) is 3. The van der Waals surface area contributed by atoms with Crippen molar-refractivity contribution in [2.45, 2.75) is 27.2 Å². The van der Waals surface area contributed by atoms with Crippen LogP contribution in [0.15, 0.2) is 29.4 Å². The van der Waals surface area contributed by atoms with Crippen LogP contribution in [0.5, 0.6) is 5.75 Å². The molecule has 0 spiro atoms. The lowest BCUT2D eigenvalue weighted by Gasteiger charge is -2.12. The molecule has 0 bridgehead atoms. The van der Waals surface area contributed by atoms with Crippen LogP contribution < -0.4 is 15.5 Å². The molecule has 4 nitrogen and oxygen atoms in total. The Balaban J connectivity index is 2.61. The molecule has 0 fully saturated rings. The fraction of sp³-hybridized carbons (Fsp3) is 0.429. The third-order valence-electron chi connectivity index (χ3n) is 3.01. The lowest BCUT2D eigenvalue weighted by molar-refractivity contribution is 0.417. The maximum Gasteiger partial charge on any atom is 0.191 e. The largest absolute Gasteiger partial charge is 0.495 e. The molecule has 1 aromatic carbocycles. The van der Waals surface area contributed by atoms with E-state index in [9.17, 15) is 0 Å². The lowest BCUT2D eigenvalue weighted by Crippen LogP contribution is -2.26. The highest BCUT2D eigenvalue weighted by Crippen LogP contribution is 2.22. The number of nitrogens with one attached hydrogen (secondary N) is 2. The van der Waals surface area contributed by atoms with E-state index >= 15 is 0 Å². The number of thiocarbonyl (C=S) groups is 1. The molecular formula is C14H21N3OS. The SMILES string of the molecule is CC[C@@H](C)/C(C)=N\NC(=S)Nc1ccccc1OC. The van der Waals surface area contributed by atoms with Gasteiger partial charge in [0.05, 0.1) is 12.8 Å². The second-order valence-corrected chi connectivity index (χ2v) is 4.74. The first-order valence-corrected chi connectivity index (χ1v) is 6.73. The van der Waals surface area contributed by atoms with E-state index in [1.807, 2.05) is 31.2 Å². The van der Waals surface area contributed by atoms with Crippen LogP contribution in [-0.2, 0) is 0 Å². The molecule has 0 aromatic heterocycles. The highest BCUT2D eigenvalue weighted by Gasteiger charge is 2.05. The summed E-state index contributed by atoms with van der Waals surface area (Å²) in [5.41, 5.74) is 4.70. The Morgan fingerprint density at radius 2 is 2.11 bits per heavy atom. The molecule has 2 N–H and O–H groups in total. The predicted molar refractivity (Wildman–Crippen MR) is 84.9 cm³/mol. The fourth-order valence-electron chi connectivity index (χ4n) is 1.44. The van der Waals surface area contributed by atoms with Gasteiger partial charge >= 0.3 is 0 Å². The van der Waals surface area contributed by atoms with Gasteiger partial charge in [0, 0.05) is 5.71 Å². The molecule has 1 aromatic rings. The Morgan fingerprint density at radius 1 is 1.42 bits per heavy atom. The number of anilines is 1. The highest BCUT2D eigenvalue weighted by atomic mass is 32.1. The zero-order valence-electron chi connectivity index (χ0n) is 11.9. The summed E-state index contributed by atoms with van der Waals surface area (Å²) in [5.74, 6) is 1.19. The monoisotopic (exact) mass is 279 g/mol. The number of para-hydroxylation sites is 2. The van der Waals surface area contributed by atoms with Gasteiger partial charge in [0.2, 0.25) is 0 Å². The molecule has 1 atom stereocenters. The fourth-order valence-corrected chi connectivity index (χ4v) is 1.60. The Bertz CT molecular complexity index is 460. The van der Waals surface area contributed by atoms with Crippen molar-refractivity contribution in [3.8, 4) is 5.75 Å². The van der Waals surface area contributed by atoms with E-state index in [4.69, 9.17) is 17.0 Å². The molecule has 0 unspecified atom stereocenters. The first-order valence-electron chi connectivity index (χ1n) is 6.32.